The second-order valence-electron chi connectivity index (χ2n) is 3.82. The summed E-state index contributed by atoms with van der Waals surface area (Å²) >= 11 is 3.09. The Bertz CT molecular complexity index is 605. The van der Waals surface area contributed by atoms with Crippen molar-refractivity contribution in [3.63, 3.8) is 0 Å². The normalized spacial score (nSPS) is 20.4. The van der Waals surface area contributed by atoms with Crippen molar-refractivity contribution in [2.75, 3.05) is 17.2 Å². The van der Waals surface area contributed by atoms with E-state index < -0.39 is 21.2 Å². The summed E-state index contributed by atoms with van der Waals surface area (Å²) in [6, 6.07) is 0. The van der Waals surface area contributed by atoms with E-state index in [1.165, 1.54) is 11.1 Å². The van der Waals surface area contributed by atoms with E-state index in [0.29, 0.717) is 4.60 Å². The third kappa shape index (κ3) is 2.44. The molecule has 1 unspecified atom stereocenters. The molecule has 0 saturated carbocycles. The lowest BCUT2D eigenvalue weighted by Crippen LogP contribution is -2.32. The van der Waals surface area contributed by atoms with E-state index in [0.717, 1.165) is 0 Å². The second kappa shape index (κ2) is 4.44. The second-order valence-corrected chi connectivity index (χ2v) is 6.48. The van der Waals surface area contributed by atoms with Gasteiger partial charge in [-0.15, -0.1) is 0 Å². The number of halogens is 1. The molecule has 10 heteroatoms. The summed E-state index contributed by atoms with van der Waals surface area (Å²) in [4.78, 5) is 20.8. The lowest BCUT2D eigenvalue weighted by molar-refractivity contribution is -0.117. The average Bonchev–Trinajstić information content (AvgIpc) is 2.60. The van der Waals surface area contributed by atoms with Crippen molar-refractivity contribution < 1.29 is 13.2 Å². The first-order valence-electron chi connectivity index (χ1n) is 4.89. The van der Waals surface area contributed by atoms with Gasteiger partial charge in [-0.1, -0.05) is 0 Å². The molecule has 0 spiro atoms. The van der Waals surface area contributed by atoms with Gasteiger partial charge in [0.05, 0.1) is 6.20 Å². The number of aromatic nitrogens is 2. The molecule has 2 heterocycles. The minimum atomic E-state index is -3.76. The topological polar surface area (TPSA) is 132 Å². The molecule has 1 amide bonds. The number of rotatable bonds is 2. The zero-order valence-corrected chi connectivity index (χ0v) is 11.5. The molecule has 8 nitrogen and oxygen atoms in total. The predicted octanol–water partition coefficient (Wildman–Crippen LogP) is -0.785. The summed E-state index contributed by atoms with van der Waals surface area (Å²) in [5.41, 5.74) is 5.64. The van der Waals surface area contributed by atoms with E-state index in [9.17, 15) is 13.2 Å². The van der Waals surface area contributed by atoms with Gasteiger partial charge >= 0.3 is 0 Å². The fraction of sp³-hybridized carbons (Fsp3) is 0.375. The van der Waals surface area contributed by atoms with Crippen molar-refractivity contribution in [3.8, 4) is 0 Å². The van der Waals surface area contributed by atoms with Crippen LogP contribution in [-0.4, -0.2) is 36.1 Å². The van der Waals surface area contributed by atoms with E-state index in [2.05, 4.69) is 25.9 Å². The summed E-state index contributed by atoms with van der Waals surface area (Å²) in [5, 5.41) is 4.09. The van der Waals surface area contributed by atoms with Gasteiger partial charge < -0.3 is 5.73 Å². The van der Waals surface area contributed by atoms with Gasteiger partial charge in [0.15, 0.2) is 11.6 Å². The highest BCUT2D eigenvalue weighted by Crippen LogP contribution is 2.26. The SMILES string of the molecule is Nc1nc(Br)cnc1N1CC(S(N)(=O)=O)CC1=O. The van der Waals surface area contributed by atoms with Crippen molar-refractivity contribution in [2.45, 2.75) is 11.7 Å². The van der Waals surface area contributed by atoms with Crippen LogP contribution in [0.2, 0.25) is 0 Å². The van der Waals surface area contributed by atoms with Crippen LogP contribution in [0.5, 0.6) is 0 Å². The van der Waals surface area contributed by atoms with Crippen molar-refractivity contribution in [2.24, 2.45) is 5.14 Å². The molecule has 0 bridgehead atoms. The molecule has 4 N–H and O–H groups in total. The number of sulfonamides is 1. The van der Waals surface area contributed by atoms with E-state index in [1.54, 1.807) is 0 Å². The van der Waals surface area contributed by atoms with Crippen molar-refractivity contribution in [3.05, 3.63) is 10.8 Å². The number of hydrogen-bond acceptors (Lipinski definition) is 6. The van der Waals surface area contributed by atoms with Gasteiger partial charge in [0.25, 0.3) is 0 Å². The Morgan fingerprint density at radius 2 is 2.17 bits per heavy atom. The molecular weight excluding hydrogens is 326 g/mol. The van der Waals surface area contributed by atoms with Gasteiger partial charge in [-0.25, -0.2) is 23.5 Å². The molecule has 1 aliphatic rings. The Morgan fingerprint density at radius 3 is 2.67 bits per heavy atom. The number of hydrogen-bond donors (Lipinski definition) is 2. The summed E-state index contributed by atoms with van der Waals surface area (Å²) < 4.78 is 22.9. The van der Waals surface area contributed by atoms with E-state index >= 15 is 0 Å². The first-order chi connectivity index (χ1) is 8.29. The Labute approximate surface area is 112 Å². The molecule has 2 rings (SSSR count). The third-order valence-electron chi connectivity index (χ3n) is 2.56. The van der Waals surface area contributed by atoms with Crippen LogP contribution in [0, 0.1) is 0 Å². The molecule has 1 fully saturated rings. The largest absolute Gasteiger partial charge is 0.381 e. The minimum Gasteiger partial charge on any atom is -0.381 e. The fourth-order valence-electron chi connectivity index (χ4n) is 1.68. The molecule has 0 aromatic carbocycles. The number of carbonyl (C=O) groups is 1. The van der Waals surface area contributed by atoms with Gasteiger partial charge in [0, 0.05) is 13.0 Å². The van der Waals surface area contributed by atoms with Crippen LogP contribution in [0.3, 0.4) is 0 Å². The third-order valence-corrected chi connectivity index (χ3v) is 4.19. The molecule has 1 aromatic rings. The zero-order valence-electron chi connectivity index (χ0n) is 9.08. The molecular formula is C8H10BrN5O3S. The fourth-order valence-corrected chi connectivity index (χ4v) is 2.71. The molecule has 1 saturated heterocycles. The maximum Gasteiger partial charge on any atom is 0.229 e. The van der Waals surface area contributed by atoms with E-state index in [1.807, 2.05) is 0 Å². The van der Waals surface area contributed by atoms with Crippen LogP contribution in [0.1, 0.15) is 6.42 Å². The van der Waals surface area contributed by atoms with Gasteiger partial charge in [-0.3, -0.25) is 9.69 Å². The number of nitrogen functional groups attached to an aromatic ring is 1. The maximum absolute atomic E-state index is 11.7. The summed E-state index contributed by atoms with van der Waals surface area (Å²) in [7, 11) is -3.76. The number of primary sulfonamides is 1. The highest BCUT2D eigenvalue weighted by Gasteiger charge is 2.38. The quantitative estimate of drug-likeness (QED) is 0.728. The minimum absolute atomic E-state index is 0.0489. The first-order valence-corrected chi connectivity index (χ1v) is 7.29. The van der Waals surface area contributed by atoms with Gasteiger partial charge in [0.2, 0.25) is 15.9 Å². The highest BCUT2D eigenvalue weighted by molar-refractivity contribution is 9.10. The summed E-state index contributed by atoms with van der Waals surface area (Å²) in [6.45, 7) is -0.0574. The molecule has 18 heavy (non-hydrogen) atoms. The lowest BCUT2D eigenvalue weighted by atomic mass is 10.4. The molecule has 1 aliphatic heterocycles. The molecule has 1 atom stereocenters. The molecule has 98 valence electrons. The van der Waals surface area contributed by atoms with Crippen LogP contribution >= 0.6 is 15.9 Å². The van der Waals surface area contributed by atoms with Gasteiger partial charge in [-0.05, 0) is 15.9 Å². The van der Waals surface area contributed by atoms with Crippen LogP contribution < -0.4 is 15.8 Å². The Kier molecular flexibility index (Phi) is 3.25. The number of nitrogens with two attached hydrogens (primary N) is 2. The zero-order chi connectivity index (χ0) is 13.5. The Balaban J connectivity index is 2.33. The molecule has 0 radical (unpaired) electrons. The van der Waals surface area contributed by atoms with Crippen molar-refractivity contribution in [1.29, 1.82) is 0 Å². The standard InChI is InChI=1S/C8H10BrN5O3S/c9-5-2-12-8(7(10)13-5)14-3-4(1-6(14)15)18(11,16)17/h2,4H,1,3H2,(H2,10,13)(H2,11,16,17). The highest BCUT2D eigenvalue weighted by atomic mass is 79.9. The first kappa shape index (κ1) is 13.2. The van der Waals surface area contributed by atoms with Gasteiger partial charge in [-0.2, -0.15) is 0 Å². The van der Waals surface area contributed by atoms with Crippen molar-refractivity contribution >= 4 is 43.5 Å². The van der Waals surface area contributed by atoms with Crippen LogP contribution in [-0.2, 0) is 14.8 Å². The molecule has 0 aliphatic carbocycles. The van der Waals surface area contributed by atoms with E-state index in [-0.39, 0.29) is 24.6 Å². The van der Waals surface area contributed by atoms with Crippen molar-refractivity contribution in [1.82, 2.24) is 9.97 Å². The number of anilines is 2. The predicted molar refractivity (Wildman–Crippen MR) is 68.0 cm³/mol. The Morgan fingerprint density at radius 1 is 1.50 bits per heavy atom. The Hall–Kier alpha value is -1.26. The maximum atomic E-state index is 11.7. The number of nitrogens with zero attached hydrogens (tertiary/aromatic N) is 3. The number of amides is 1. The lowest BCUT2D eigenvalue weighted by Gasteiger charge is -2.16. The van der Waals surface area contributed by atoms with Crippen LogP contribution in [0.15, 0.2) is 10.8 Å². The smallest absolute Gasteiger partial charge is 0.229 e. The van der Waals surface area contributed by atoms with Crippen LogP contribution in [0.4, 0.5) is 11.6 Å². The summed E-state index contributed by atoms with van der Waals surface area (Å²) in [5.74, 6) is -0.195. The average molecular weight is 336 g/mol. The van der Waals surface area contributed by atoms with Gasteiger partial charge in [0.1, 0.15) is 9.85 Å². The number of carbonyl (C=O) groups excluding carboxylic acids is 1. The van der Waals surface area contributed by atoms with Crippen LogP contribution in [0.25, 0.3) is 0 Å². The molecule has 1 aromatic heterocycles. The summed E-state index contributed by atoms with van der Waals surface area (Å²) in [6.07, 6.45) is 1.21. The van der Waals surface area contributed by atoms with E-state index in [4.69, 9.17) is 10.9 Å². The monoisotopic (exact) mass is 335 g/mol.